The van der Waals surface area contributed by atoms with Gasteiger partial charge in [0.25, 0.3) is 5.91 Å². The van der Waals surface area contributed by atoms with Gasteiger partial charge in [-0.05, 0) is 61.7 Å². The third-order valence-electron chi connectivity index (χ3n) is 5.07. The van der Waals surface area contributed by atoms with Gasteiger partial charge in [-0.15, -0.1) is 11.3 Å². The Labute approximate surface area is 189 Å². The molecule has 4 rings (SSSR count). The lowest BCUT2D eigenvalue weighted by atomic mass is 10.0. The van der Waals surface area contributed by atoms with Gasteiger partial charge in [0.2, 0.25) is 5.91 Å². The SMILES string of the molecule is CCOc1ccc(C(=O)N2CC(=O)Nc3ccc(F)cc3C2c2cccs2)cc1OCC. The molecule has 1 aromatic heterocycles. The molecule has 2 aromatic carbocycles. The first-order chi connectivity index (χ1) is 15.5. The summed E-state index contributed by atoms with van der Waals surface area (Å²) in [6, 6.07) is 12.3. The number of fused-ring (bicyclic) bond motifs is 1. The van der Waals surface area contributed by atoms with Gasteiger partial charge < -0.3 is 19.7 Å². The highest BCUT2D eigenvalue weighted by molar-refractivity contribution is 7.10. The van der Waals surface area contributed by atoms with Gasteiger partial charge >= 0.3 is 0 Å². The third kappa shape index (κ3) is 4.31. The average Bonchev–Trinajstić information content (AvgIpc) is 3.26. The molecule has 32 heavy (non-hydrogen) atoms. The number of carbonyl (C=O) groups excluding carboxylic acids is 2. The molecule has 1 N–H and O–H groups in total. The summed E-state index contributed by atoms with van der Waals surface area (Å²) < 4.78 is 25.5. The number of amides is 2. The number of thiophene rings is 1. The highest BCUT2D eigenvalue weighted by Crippen LogP contribution is 2.39. The van der Waals surface area contributed by atoms with Crippen molar-refractivity contribution in [2.24, 2.45) is 0 Å². The van der Waals surface area contributed by atoms with Crippen molar-refractivity contribution >= 4 is 28.8 Å². The Bertz CT molecular complexity index is 1130. The Hall–Kier alpha value is -3.39. The fraction of sp³-hybridized carbons (Fsp3) is 0.250. The lowest BCUT2D eigenvalue weighted by Gasteiger charge is -2.29. The molecule has 2 heterocycles. The second-order valence-electron chi connectivity index (χ2n) is 7.16. The molecular formula is C24H23FN2O4S. The second-order valence-corrected chi connectivity index (χ2v) is 8.14. The van der Waals surface area contributed by atoms with E-state index in [4.69, 9.17) is 9.47 Å². The van der Waals surface area contributed by atoms with Crippen LogP contribution < -0.4 is 14.8 Å². The molecule has 6 nitrogen and oxygen atoms in total. The molecule has 2 amide bonds. The summed E-state index contributed by atoms with van der Waals surface area (Å²) in [5.41, 5.74) is 1.38. The van der Waals surface area contributed by atoms with E-state index in [0.29, 0.717) is 41.5 Å². The topological polar surface area (TPSA) is 67.9 Å². The first kappa shape index (κ1) is 21.8. The van der Waals surface area contributed by atoms with E-state index < -0.39 is 11.9 Å². The Balaban J connectivity index is 1.80. The number of nitrogens with one attached hydrogen (secondary N) is 1. The van der Waals surface area contributed by atoms with Crippen LogP contribution in [0.5, 0.6) is 11.5 Å². The summed E-state index contributed by atoms with van der Waals surface area (Å²) >= 11 is 1.45. The Morgan fingerprint density at radius 2 is 1.91 bits per heavy atom. The average molecular weight is 455 g/mol. The molecule has 0 fully saturated rings. The second kappa shape index (κ2) is 9.40. The predicted octanol–water partition coefficient (Wildman–Crippen LogP) is 4.87. The van der Waals surface area contributed by atoms with E-state index in [9.17, 15) is 14.0 Å². The lowest BCUT2D eigenvalue weighted by molar-refractivity contribution is -0.117. The smallest absolute Gasteiger partial charge is 0.255 e. The van der Waals surface area contributed by atoms with Crippen LogP contribution in [0.2, 0.25) is 0 Å². The van der Waals surface area contributed by atoms with Crippen molar-refractivity contribution < 1.29 is 23.5 Å². The summed E-state index contributed by atoms with van der Waals surface area (Å²) in [4.78, 5) is 28.6. The molecule has 3 aromatic rings. The van der Waals surface area contributed by atoms with E-state index in [2.05, 4.69) is 5.32 Å². The zero-order chi connectivity index (χ0) is 22.7. The minimum Gasteiger partial charge on any atom is -0.490 e. The van der Waals surface area contributed by atoms with Crippen LogP contribution in [-0.4, -0.2) is 36.5 Å². The van der Waals surface area contributed by atoms with E-state index in [1.165, 1.54) is 34.4 Å². The molecule has 0 saturated heterocycles. The fourth-order valence-corrected chi connectivity index (χ4v) is 4.62. The number of anilines is 1. The van der Waals surface area contributed by atoms with Gasteiger partial charge in [0.1, 0.15) is 12.4 Å². The minimum atomic E-state index is -0.616. The van der Waals surface area contributed by atoms with Crippen LogP contribution in [0.25, 0.3) is 0 Å². The number of benzene rings is 2. The molecule has 1 aliphatic rings. The maximum Gasteiger partial charge on any atom is 0.255 e. The lowest BCUT2D eigenvalue weighted by Crippen LogP contribution is -2.38. The van der Waals surface area contributed by atoms with Gasteiger partial charge in [0, 0.05) is 21.7 Å². The third-order valence-corrected chi connectivity index (χ3v) is 6.00. The van der Waals surface area contributed by atoms with Crippen molar-refractivity contribution in [3.8, 4) is 11.5 Å². The molecule has 0 saturated carbocycles. The molecule has 8 heteroatoms. The summed E-state index contributed by atoms with van der Waals surface area (Å²) in [5.74, 6) is -0.144. The van der Waals surface area contributed by atoms with Crippen LogP contribution in [0.4, 0.5) is 10.1 Å². The van der Waals surface area contributed by atoms with Crippen molar-refractivity contribution in [3.63, 3.8) is 0 Å². The van der Waals surface area contributed by atoms with E-state index in [-0.39, 0.29) is 18.4 Å². The monoisotopic (exact) mass is 454 g/mol. The van der Waals surface area contributed by atoms with Crippen molar-refractivity contribution in [3.05, 3.63) is 75.7 Å². The zero-order valence-electron chi connectivity index (χ0n) is 17.8. The van der Waals surface area contributed by atoms with Crippen molar-refractivity contribution in [1.29, 1.82) is 0 Å². The molecule has 1 unspecified atom stereocenters. The van der Waals surface area contributed by atoms with Gasteiger partial charge in [-0.3, -0.25) is 9.59 Å². The van der Waals surface area contributed by atoms with Crippen LogP contribution in [0.1, 0.15) is 40.7 Å². The minimum absolute atomic E-state index is 0.172. The number of hydrogen-bond donors (Lipinski definition) is 1. The van der Waals surface area contributed by atoms with Gasteiger partial charge in [-0.25, -0.2) is 4.39 Å². The van der Waals surface area contributed by atoms with Crippen molar-refractivity contribution in [2.75, 3.05) is 25.1 Å². The van der Waals surface area contributed by atoms with Crippen LogP contribution in [0.3, 0.4) is 0 Å². The molecule has 0 aliphatic carbocycles. The number of nitrogens with zero attached hydrogens (tertiary/aromatic N) is 1. The van der Waals surface area contributed by atoms with E-state index in [1.807, 2.05) is 31.4 Å². The van der Waals surface area contributed by atoms with Gasteiger partial charge in [-0.1, -0.05) is 6.07 Å². The summed E-state index contributed by atoms with van der Waals surface area (Å²) in [6.45, 7) is 4.42. The molecule has 1 atom stereocenters. The Morgan fingerprint density at radius 3 is 2.62 bits per heavy atom. The Kier molecular flexibility index (Phi) is 6.41. The van der Waals surface area contributed by atoms with E-state index in [0.717, 1.165) is 4.88 Å². The molecule has 1 aliphatic heterocycles. The molecular weight excluding hydrogens is 431 g/mol. The van der Waals surface area contributed by atoms with Crippen LogP contribution in [-0.2, 0) is 4.79 Å². The molecule has 0 radical (unpaired) electrons. The number of carbonyl (C=O) groups is 2. The van der Waals surface area contributed by atoms with Crippen LogP contribution in [0.15, 0.2) is 53.9 Å². The number of ether oxygens (including phenoxy) is 2. The van der Waals surface area contributed by atoms with Gasteiger partial charge in [0.15, 0.2) is 11.5 Å². The van der Waals surface area contributed by atoms with E-state index in [1.54, 1.807) is 18.2 Å². The molecule has 0 spiro atoms. The number of rotatable bonds is 6. The largest absolute Gasteiger partial charge is 0.490 e. The van der Waals surface area contributed by atoms with Crippen LogP contribution in [0, 0.1) is 5.82 Å². The maximum absolute atomic E-state index is 14.2. The highest BCUT2D eigenvalue weighted by Gasteiger charge is 2.35. The fourth-order valence-electron chi connectivity index (χ4n) is 3.77. The predicted molar refractivity (Wildman–Crippen MR) is 121 cm³/mol. The van der Waals surface area contributed by atoms with Gasteiger partial charge in [0.05, 0.1) is 19.3 Å². The first-order valence-corrected chi connectivity index (χ1v) is 11.2. The molecule has 166 valence electrons. The number of halogens is 1. The van der Waals surface area contributed by atoms with Crippen molar-refractivity contribution in [2.45, 2.75) is 19.9 Å². The summed E-state index contributed by atoms with van der Waals surface area (Å²) in [7, 11) is 0. The maximum atomic E-state index is 14.2. The summed E-state index contributed by atoms with van der Waals surface area (Å²) in [5, 5.41) is 4.69. The quantitative estimate of drug-likeness (QED) is 0.577. The van der Waals surface area contributed by atoms with Crippen molar-refractivity contribution in [1.82, 2.24) is 4.90 Å². The summed E-state index contributed by atoms with van der Waals surface area (Å²) in [6.07, 6.45) is 0. The number of hydrogen-bond acceptors (Lipinski definition) is 5. The zero-order valence-corrected chi connectivity index (χ0v) is 18.6. The van der Waals surface area contributed by atoms with Crippen LogP contribution >= 0.6 is 11.3 Å². The Morgan fingerprint density at radius 1 is 1.12 bits per heavy atom. The van der Waals surface area contributed by atoms with E-state index >= 15 is 0 Å². The normalized spacial score (nSPS) is 15.5. The highest BCUT2D eigenvalue weighted by atomic mass is 32.1. The molecule has 0 bridgehead atoms. The first-order valence-electron chi connectivity index (χ1n) is 10.3. The van der Waals surface area contributed by atoms with Gasteiger partial charge in [-0.2, -0.15) is 0 Å². The standard InChI is InChI=1S/C24H23FN2O4S/c1-3-30-19-10-7-15(12-20(19)31-4-2)24(29)27-14-22(28)26-18-9-8-16(25)13-17(18)23(27)21-6-5-11-32-21/h5-13,23H,3-4,14H2,1-2H3,(H,26,28).